The van der Waals surface area contributed by atoms with Gasteiger partial charge in [0.15, 0.2) is 5.65 Å². The largest absolute Gasteiger partial charge is 0.340 e. The highest BCUT2D eigenvalue weighted by molar-refractivity contribution is 5.93. The maximum atomic E-state index is 12.2. The number of likely N-dealkylation sites (tertiary alicyclic amines) is 1. The van der Waals surface area contributed by atoms with Gasteiger partial charge in [-0.15, -0.1) is 0 Å². The second-order valence-electron chi connectivity index (χ2n) is 6.15. The molecule has 1 atom stereocenters. The molecule has 8 nitrogen and oxygen atoms in total. The van der Waals surface area contributed by atoms with E-state index in [9.17, 15) is 14.4 Å². The summed E-state index contributed by atoms with van der Waals surface area (Å²) in [6, 6.07) is 3.53. The van der Waals surface area contributed by atoms with Gasteiger partial charge in [-0.3, -0.25) is 14.6 Å². The van der Waals surface area contributed by atoms with E-state index in [1.165, 1.54) is 0 Å². The molecule has 1 aliphatic rings. The van der Waals surface area contributed by atoms with E-state index in [0.717, 1.165) is 25.8 Å². The van der Waals surface area contributed by atoms with Gasteiger partial charge in [-0.1, -0.05) is 0 Å². The molecule has 0 saturated carbocycles. The highest BCUT2D eigenvalue weighted by atomic mass is 16.2. The number of aromatic nitrogens is 3. The van der Waals surface area contributed by atoms with Crippen LogP contribution in [0, 0.1) is 0 Å². The lowest BCUT2D eigenvalue weighted by molar-refractivity contribution is -0.135. The van der Waals surface area contributed by atoms with Gasteiger partial charge in [0, 0.05) is 25.4 Å². The highest BCUT2D eigenvalue weighted by Gasteiger charge is 2.23. The monoisotopic (exact) mass is 331 g/mol. The van der Waals surface area contributed by atoms with Crippen molar-refractivity contribution in [3.05, 3.63) is 22.6 Å². The number of hydrogen-bond acceptors (Lipinski definition) is 4. The van der Waals surface area contributed by atoms with Gasteiger partial charge in [-0.2, -0.15) is 0 Å². The minimum absolute atomic E-state index is 0.0238. The van der Waals surface area contributed by atoms with Crippen molar-refractivity contribution in [2.45, 2.75) is 45.1 Å². The Morgan fingerprint density at radius 2 is 2.12 bits per heavy atom. The first kappa shape index (κ1) is 16.2. The summed E-state index contributed by atoms with van der Waals surface area (Å²) < 4.78 is 0. The molecular formula is C16H21N5O3. The zero-order valence-corrected chi connectivity index (χ0v) is 13.6. The van der Waals surface area contributed by atoms with E-state index in [4.69, 9.17) is 0 Å². The summed E-state index contributed by atoms with van der Waals surface area (Å²) in [5.74, 6) is 0.106. The lowest BCUT2D eigenvalue weighted by Gasteiger charge is -2.33. The van der Waals surface area contributed by atoms with Crippen molar-refractivity contribution in [3.8, 4) is 0 Å². The molecule has 1 unspecified atom stereocenters. The Hall–Kier alpha value is -2.64. The van der Waals surface area contributed by atoms with E-state index in [1.807, 2.05) is 11.8 Å². The first-order valence-corrected chi connectivity index (χ1v) is 8.21. The molecule has 1 fully saturated rings. The minimum Gasteiger partial charge on any atom is -0.340 e. The van der Waals surface area contributed by atoms with Gasteiger partial charge in [0.1, 0.15) is 5.82 Å². The normalized spacial score (nSPS) is 17.9. The number of nitrogens with zero attached hydrogens (tertiary/aromatic N) is 2. The fraction of sp³-hybridized carbons (Fsp3) is 0.500. The molecule has 2 aromatic heterocycles. The molecule has 8 heteroatoms. The molecule has 3 rings (SSSR count). The van der Waals surface area contributed by atoms with Crippen LogP contribution in [-0.2, 0) is 9.59 Å². The van der Waals surface area contributed by atoms with E-state index in [2.05, 4.69) is 20.3 Å². The number of pyridine rings is 1. The molecule has 0 aliphatic carbocycles. The molecule has 1 aliphatic heterocycles. The molecule has 0 spiro atoms. The predicted octanol–water partition coefficient (Wildman–Crippen LogP) is 1.37. The van der Waals surface area contributed by atoms with Gasteiger partial charge in [-0.05, 0) is 38.3 Å². The van der Waals surface area contributed by atoms with Crippen LogP contribution < -0.4 is 11.0 Å². The number of amides is 2. The SMILES string of the molecule is CC1CCCCN1C(=O)CCC(=O)Nc1ccc2[nH]c(=O)[nH]c2n1. The average molecular weight is 331 g/mol. The molecule has 128 valence electrons. The number of anilines is 1. The molecular weight excluding hydrogens is 310 g/mol. The van der Waals surface area contributed by atoms with Crippen molar-refractivity contribution >= 4 is 28.8 Å². The molecule has 2 aromatic rings. The van der Waals surface area contributed by atoms with Crippen molar-refractivity contribution < 1.29 is 9.59 Å². The predicted molar refractivity (Wildman–Crippen MR) is 89.6 cm³/mol. The van der Waals surface area contributed by atoms with Crippen molar-refractivity contribution in [2.24, 2.45) is 0 Å². The Balaban J connectivity index is 1.54. The molecule has 0 aromatic carbocycles. The minimum atomic E-state index is -0.345. The van der Waals surface area contributed by atoms with E-state index < -0.39 is 0 Å². The highest BCUT2D eigenvalue weighted by Crippen LogP contribution is 2.18. The summed E-state index contributed by atoms with van der Waals surface area (Å²) in [5.41, 5.74) is 0.616. The van der Waals surface area contributed by atoms with Gasteiger partial charge in [0.05, 0.1) is 5.52 Å². The Bertz CT molecular complexity index is 809. The number of carbonyl (C=O) groups is 2. The molecule has 1 saturated heterocycles. The number of H-pyrrole nitrogens is 2. The molecule has 24 heavy (non-hydrogen) atoms. The summed E-state index contributed by atoms with van der Waals surface area (Å²) in [4.78, 5) is 46.6. The zero-order valence-electron chi connectivity index (χ0n) is 13.6. The van der Waals surface area contributed by atoms with Crippen LogP contribution in [0.3, 0.4) is 0 Å². The van der Waals surface area contributed by atoms with Crippen molar-refractivity contribution in [2.75, 3.05) is 11.9 Å². The van der Waals surface area contributed by atoms with E-state index in [-0.39, 0.29) is 36.4 Å². The Morgan fingerprint density at radius 1 is 1.29 bits per heavy atom. The maximum absolute atomic E-state index is 12.2. The number of carbonyl (C=O) groups excluding carboxylic acids is 2. The van der Waals surface area contributed by atoms with Crippen molar-refractivity contribution in [3.63, 3.8) is 0 Å². The third-order valence-electron chi connectivity index (χ3n) is 4.33. The number of rotatable bonds is 4. The number of imidazole rings is 1. The van der Waals surface area contributed by atoms with Crippen LogP contribution in [0.4, 0.5) is 5.82 Å². The van der Waals surface area contributed by atoms with E-state index in [0.29, 0.717) is 17.0 Å². The van der Waals surface area contributed by atoms with Crippen LogP contribution in [-0.4, -0.2) is 44.3 Å². The Morgan fingerprint density at radius 3 is 2.92 bits per heavy atom. The summed E-state index contributed by atoms with van der Waals surface area (Å²) >= 11 is 0. The van der Waals surface area contributed by atoms with Crippen LogP contribution in [0.15, 0.2) is 16.9 Å². The summed E-state index contributed by atoms with van der Waals surface area (Å²) in [5, 5.41) is 2.66. The smallest absolute Gasteiger partial charge is 0.325 e. The second-order valence-corrected chi connectivity index (χ2v) is 6.15. The second kappa shape index (κ2) is 6.86. The molecule has 0 radical (unpaired) electrons. The van der Waals surface area contributed by atoms with Crippen molar-refractivity contribution in [1.82, 2.24) is 19.9 Å². The molecule has 3 heterocycles. The third kappa shape index (κ3) is 3.64. The fourth-order valence-electron chi connectivity index (χ4n) is 3.02. The standard InChI is InChI=1S/C16H21N5O3/c1-10-4-2-3-9-21(10)14(23)8-7-13(22)18-12-6-5-11-15(19-12)20-16(24)17-11/h5-6,10H,2-4,7-9H2,1H3,(H3,17,18,19,20,22,24). The van der Waals surface area contributed by atoms with Gasteiger partial charge in [-0.25, -0.2) is 9.78 Å². The topological polar surface area (TPSA) is 111 Å². The van der Waals surface area contributed by atoms with Crippen LogP contribution in [0.2, 0.25) is 0 Å². The number of piperidine rings is 1. The molecule has 2 amide bonds. The molecule has 0 bridgehead atoms. The van der Waals surface area contributed by atoms with Crippen molar-refractivity contribution in [1.29, 1.82) is 0 Å². The summed E-state index contributed by atoms with van der Waals surface area (Å²) in [6.45, 7) is 2.83. The summed E-state index contributed by atoms with van der Waals surface area (Å²) in [6.07, 6.45) is 3.52. The fourth-order valence-corrected chi connectivity index (χ4v) is 3.02. The first-order valence-electron chi connectivity index (χ1n) is 8.21. The quantitative estimate of drug-likeness (QED) is 0.785. The van der Waals surface area contributed by atoms with E-state index in [1.54, 1.807) is 12.1 Å². The lowest BCUT2D eigenvalue weighted by Crippen LogP contribution is -2.42. The summed E-state index contributed by atoms with van der Waals surface area (Å²) in [7, 11) is 0. The first-order chi connectivity index (χ1) is 11.5. The molecule has 3 N–H and O–H groups in total. The van der Waals surface area contributed by atoms with Crippen LogP contribution in [0.5, 0.6) is 0 Å². The van der Waals surface area contributed by atoms with Crippen LogP contribution >= 0.6 is 0 Å². The number of hydrogen-bond donors (Lipinski definition) is 3. The van der Waals surface area contributed by atoms with Gasteiger partial charge in [0.2, 0.25) is 11.8 Å². The Labute approximate surface area is 138 Å². The maximum Gasteiger partial charge on any atom is 0.325 e. The average Bonchev–Trinajstić information content (AvgIpc) is 2.92. The Kier molecular flexibility index (Phi) is 4.64. The lowest BCUT2D eigenvalue weighted by atomic mass is 10.0. The number of nitrogens with one attached hydrogen (secondary N) is 3. The van der Waals surface area contributed by atoms with E-state index >= 15 is 0 Å². The third-order valence-corrected chi connectivity index (χ3v) is 4.33. The number of aromatic amines is 2. The van der Waals surface area contributed by atoms with Crippen LogP contribution in [0.1, 0.15) is 39.0 Å². The van der Waals surface area contributed by atoms with Gasteiger partial charge in [0.25, 0.3) is 0 Å². The van der Waals surface area contributed by atoms with Gasteiger partial charge < -0.3 is 15.2 Å². The van der Waals surface area contributed by atoms with Gasteiger partial charge >= 0.3 is 5.69 Å². The number of fused-ring (bicyclic) bond motifs is 1. The van der Waals surface area contributed by atoms with Crippen LogP contribution in [0.25, 0.3) is 11.2 Å². The zero-order chi connectivity index (χ0) is 17.1.